The summed E-state index contributed by atoms with van der Waals surface area (Å²) < 4.78 is 11.8. The highest BCUT2D eigenvalue weighted by Crippen LogP contribution is 2.31. The summed E-state index contributed by atoms with van der Waals surface area (Å²) in [4.78, 5) is 23.9. The zero-order valence-electron chi connectivity index (χ0n) is 15.5. The second-order valence-corrected chi connectivity index (χ2v) is 8.49. The number of aromatic nitrogens is 2. The molecule has 9 heteroatoms. The van der Waals surface area contributed by atoms with E-state index in [0.29, 0.717) is 5.76 Å². The van der Waals surface area contributed by atoms with E-state index in [2.05, 4.69) is 15.2 Å². The molecule has 1 aromatic carbocycles. The van der Waals surface area contributed by atoms with Gasteiger partial charge in [-0.1, -0.05) is 11.3 Å². The van der Waals surface area contributed by atoms with Gasteiger partial charge in [0.25, 0.3) is 0 Å². The normalized spacial score (nSPS) is 14.4. The maximum absolute atomic E-state index is 12.5. The van der Waals surface area contributed by atoms with E-state index in [4.69, 9.17) is 14.1 Å². The van der Waals surface area contributed by atoms with Gasteiger partial charge in [0.1, 0.15) is 0 Å². The minimum atomic E-state index is -0.0986. The van der Waals surface area contributed by atoms with Crippen LogP contribution in [0.15, 0.2) is 46.4 Å². The fourth-order valence-corrected chi connectivity index (χ4v) is 4.99. The number of carbonyl (C=O) groups is 1. The second kappa shape index (κ2) is 7.94. The third-order valence-corrected chi connectivity index (χ3v) is 6.55. The van der Waals surface area contributed by atoms with Crippen LogP contribution in [0, 0.1) is 0 Å². The number of anilines is 2. The minimum absolute atomic E-state index is 0.0986. The van der Waals surface area contributed by atoms with Gasteiger partial charge in [-0.3, -0.25) is 4.79 Å². The van der Waals surface area contributed by atoms with Gasteiger partial charge in [0, 0.05) is 24.2 Å². The van der Waals surface area contributed by atoms with E-state index in [9.17, 15) is 4.79 Å². The number of nitrogens with zero attached hydrogens (tertiary/aromatic N) is 3. The lowest BCUT2D eigenvalue weighted by Crippen LogP contribution is -2.36. The molecule has 1 amide bonds. The smallest absolute Gasteiger partial charge is 0.230 e. The van der Waals surface area contributed by atoms with Crippen LogP contribution in [0.25, 0.3) is 21.0 Å². The minimum Gasteiger partial charge on any atom is -0.462 e. The molecule has 3 aromatic heterocycles. The van der Waals surface area contributed by atoms with Crippen molar-refractivity contribution in [3.05, 3.63) is 47.7 Å². The molecular weight excluding hydrogens is 408 g/mol. The van der Waals surface area contributed by atoms with Gasteiger partial charge < -0.3 is 19.4 Å². The lowest BCUT2D eigenvalue weighted by molar-refractivity contribution is -0.115. The molecule has 0 radical (unpaired) electrons. The molecule has 1 fully saturated rings. The first-order valence-corrected chi connectivity index (χ1v) is 11.0. The van der Waals surface area contributed by atoms with E-state index in [1.54, 1.807) is 17.6 Å². The largest absolute Gasteiger partial charge is 0.462 e. The molecule has 4 heterocycles. The fourth-order valence-electron chi connectivity index (χ4n) is 3.15. The van der Waals surface area contributed by atoms with Crippen molar-refractivity contribution in [2.45, 2.75) is 6.42 Å². The molecule has 148 valence electrons. The third-order valence-electron chi connectivity index (χ3n) is 4.57. The lowest BCUT2D eigenvalue weighted by atomic mass is 10.2. The number of thiazole rings is 2. The first-order valence-electron chi connectivity index (χ1n) is 9.26. The maximum Gasteiger partial charge on any atom is 0.230 e. The number of carbonyl (C=O) groups excluding carboxylic acids is 1. The van der Waals surface area contributed by atoms with Gasteiger partial charge in [0.15, 0.2) is 15.9 Å². The molecule has 0 spiro atoms. The molecule has 0 saturated carbocycles. The van der Waals surface area contributed by atoms with Crippen LogP contribution in [0.5, 0.6) is 0 Å². The highest BCUT2D eigenvalue weighted by atomic mass is 32.1. The molecule has 1 aliphatic rings. The molecule has 29 heavy (non-hydrogen) atoms. The van der Waals surface area contributed by atoms with Gasteiger partial charge in [-0.15, -0.1) is 11.3 Å². The number of nitrogens with one attached hydrogen (secondary N) is 1. The standard InChI is InChI=1S/C20H18N4O3S2/c25-18(11-14-12-28-19(22-14)16-2-1-7-27-16)21-13-3-4-15-17(10-13)29-20(23-15)24-5-8-26-9-6-24/h1-4,7,10,12H,5-6,8-9,11H2,(H,21,25). The highest BCUT2D eigenvalue weighted by Gasteiger charge is 2.16. The third kappa shape index (κ3) is 4.02. The summed E-state index contributed by atoms with van der Waals surface area (Å²) in [6, 6.07) is 9.49. The van der Waals surface area contributed by atoms with E-state index >= 15 is 0 Å². The first-order chi connectivity index (χ1) is 14.2. The number of morpholine rings is 1. The van der Waals surface area contributed by atoms with Crippen LogP contribution >= 0.6 is 22.7 Å². The van der Waals surface area contributed by atoms with E-state index < -0.39 is 0 Å². The second-order valence-electron chi connectivity index (χ2n) is 6.62. The van der Waals surface area contributed by atoms with Gasteiger partial charge >= 0.3 is 0 Å². The van der Waals surface area contributed by atoms with Crippen molar-refractivity contribution in [1.29, 1.82) is 0 Å². The zero-order chi connectivity index (χ0) is 19.6. The molecule has 0 atom stereocenters. The Morgan fingerprint density at radius 3 is 2.93 bits per heavy atom. The average Bonchev–Trinajstić information content (AvgIpc) is 3.48. The van der Waals surface area contributed by atoms with E-state index in [1.165, 1.54) is 11.3 Å². The summed E-state index contributed by atoms with van der Waals surface area (Å²) in [5.41, 5.74) is 2.44. The molecule has 5 rings (SSSR count). The summed E-state index contributed by atoms with van der Waals surface area (Å²) in [7, 11) is 0. The van der Waals surface area contributed by atoms with Crippen molar-refractivity contribution in [3.63, 3.8) is 0 Å². The molecule has 0 aliphatic carbocycles. The number of hydrogen-bond donors (Lipinski definition) is 1. The first kappa shape index (κ1) is 18.3. The number of rotatable bonds is 5. The van der Waals surface area contributed by atoms with Crippen LogP contribution in [0.2, 0.25) is 0 Å². The number of amides is 1. The molecule has 7 nitrogen and oxygen atoms in total. The summed E-state index contributed by atoms with van der Waals surface area (Å²) in [6.07, 6.45) is 1.83. The molecule has 1 saturated heterocycles. The van der Waals surface area contributed by atoms with Crippen molar-refractivity contribution in [3.8, 4) is 10.8 Å². The van der Waals surface area contributed by atoms with Crippen LogP contribution in [0.1, 0.15) is 5.69 Å². The molecule has 0 unspecified atom stereocenters. The van der Waals surface area contributed by atoms with Gasteiger partial charge in [0.2, 0.25) is 5.91 Å². The average molecular weight is 427 g/mol. The molecular formula is C20H18N4O3S2. The Kier molecular flexibility index (Phi) is 5.01. The monoisotopic (exact) mass is 426 g/mol. The van der Waals surface area contributed by atoms with E-state index in [0.717, 1.165) is 58.0 Å². The predicted molar refractivity (Wildman–Crippen MR) is 115 cm³/mol. The van der Waals surface area contributed by atoms with Crippen molar-refractivity contribution in [1.82, 2.24) is 9.97 Å². The Hall–Kier alpha value is -2.75. The van der Waals surface area contributed by atoms with Gasteiger partial charge in [0.05, 0.1) is 41.8 Å². The van der Waals surface area contributed by atoms with Crippen LogP contribution in [-0.4, -0.2) is 42.2 Å². The van der Waals surface area contributed by atoms with Crippen LogP contribution in [-0.2, 0) is 16.0 Å². The summed E-state index contributed by atoms with van der Waals surface area (Å²) in [5.74, 6) is 0.618. The van der Waals surface area contributed by atoms with Crippen LogP contribution in [0.3, 0.4) is 0 Å². The Morgan fingerprint density at radius 1 is 1.21 bits per heavy atom. The number of benzene rings is 1. The highest BCUT2D eigenvalue weighted by molar-refractivity contribution is 7.22. The maximum atomic E-state index is 12.5. The predicted octanol–water partition coefficient (Wildman–Crippen LogP) is 4.03. The number of hydrogen-bond acceptors (Lipinski definition) is 8. The van der Waals surface area contributed by atoms with Crippen molar-refractivity contribution in [2.24, 2.45) is 0 Å². The number of fused-ring (bicyclic) bond motifs is 1. The SMILES string of the molecule is O=C(Cc1csc(-c2ccco2)n1)Nc1ccc2nc(N3CCOCC3)sc2c1. The zero-order valence-corrected chi connectivity index (χ0v) is 17.1. The Balaban J connectivity index is 1.26. The number of ether oxygens (including phenoxy) is 1. The topological polar surface area (TPSA) is 80.5 Å². The quantitative estimate of drug-likeness (QED) is 0.519. The van der Waals surface area contributed by atoms with Crippen LogP contribution in [0.4, 0.5) is 10.8 Å². The van der Waals surface area contributed by atoms with E-state index in [-0.39, 0.29) is 12.3 Å². The van der Waals surface area contributed by atoms with Gasteiger partial charge in [-0.05, 0) is 30.3 Å². The molecule has 0 bridgehead atoms. The summed E-state index contributed by atoms with van der Waals surface area (Å²) >= 11 is 3.11. The Labute approximate surface area is 175 Å². The van der Waals surface area contributed by atoms with Crippen LogP contribution < -0.4 is 10.2 Å². The molecule has 4 aromatic rings. The Morgan fingerprint density at radius 2 is 2.10 bits per heavy atom. The Bertz CT molecular complexity index is 1130. The molecule has 1 N–H and O–H groups in total. The lowest BCUT2D eigenvalue weighted by Gasteiger charge is -2.25. The van der Waals surface area contributed by atoms with Gasteiger partial charge in [-0.25, -0.2) is 9.97 Å². The van der Waals surface area contributed by atoms with Crippen molar-refractivity contribution in [2.75, 3.05) is 36.5 Å². The fraction of sp³-hybridized carbons (Fsp3) is 0.250. The molecule has 1 aliphatic heterocycles. The van der Waals surface area contributed by atoms with Crippen molar-refractivity contribution >= 4 is 49.6 Å². The summed E-state index contributed by atoms with van der Waals surface area (Å²) in [6.45, 7) is 3.18. The van der Waals surface area contributed by atoms with Crippen molar-refractivity contribution < 1.29 is 13.9 Å². The number of furan rings is 1. The summed E-state index contributed by atoms with van der Waals surface area (Å²) in [5, 5.41) is 6.63. The van der Waals surface area contributed by atoms with Gasteiger partial charge in [-0.2, -0.15) is 0 Å². The van der Waals surface area contributed by atoms with E-state index in [1.807, 2.05) is 35.7 Å².